The highest BCUT2D eigenvalue weighted by Gasteiger charge is 2.25. The van der Waals surface area contributed by atoms with Crippen molar-refractivity contribution in [3.8, 4) is 5.75 Å². The molecule has 0 saturated carbocycles. The molecule has 0 spiro atoms. The number of anilines is 1. The van der Waals surface area contributed by atoms with Crippen LogP contribution in [0.25, 0.3) is 0 Å². The number of aryl methyl sites for hydroxylation is 1. The first-order valence-electron chi connectivity index (χ1n) is 7.35. The fourth-order valence-corrected chi connectivity index (χ4v) is 2.76. The van der Waals surface area contributed by atoms with Gasteiger partial charge in [0.05, 0.1) is 12.7 Å². The number of nitrogens with zero attached hydrogens (tertiary/aromatic N) is 4. The lowest BCUT2D eigenvalue weighted by Gasteiger charge is -2.35. The number of hydrogen-bond acceptors (Lipinski definition) is 4. The molecule has 0 atom stereocenters. The smallest absolute Gasteiger partial charge is 0.257 e. The Morgan fingerprint density at radius 1 is 1.18 bits per heavy atom. The maximum atomic E-state index is 12.6. The fourth-order valence-electron chi connectivity index (χ4n) is 2.76. The van der Waals surface area contributed by atoms with E-state index in [0.717, 1.165) is 19.0 Å². The molecule has 22 heavy (non-hydrogen) atoms. The van der Waals surface area contributed by atoms with Crippen LogP contribution >= 0.6 is 0 Å². The van der Waals surface area contributed by atoms with Crippen LogP contribution in [0.5, 0.6) is 5.75 Å². The van der Waals surface area contributed by atoms with Gasteiger partial charge in [0.1, 0.15) is 5.75 Å². The number of benzene rings is 1. The molecule has 1 saturated heterocycles. The number of carbonyl (C=O) groups is 1. The molecule has 0 N–H and O–H groups in total. The monoisotopic (exact) mass is 300 g/mol. The molecule has 6 nitrogen and oxygen atoms in total. The molecule has 2 aromatic rings. The highest BCUT2D eigenvalue weighted by molar-refractivity contribution is 5.97. The van der Waals surface area contributed by atoms with Gasteiger partial charge in [0.2, 0.25) is 5.95 Å². The second-order valence-corrected chi connectivity index (χ2v) is 5.32. The zero-order valence-electron chi connectivity index (χ0n) is 12.9. The lowest BCUT2D eigenvalue weighted by Crippen LogP contribution is -2.49. The Labute approximate surface area is 129 Å². The van der Waals surface area contributed by atoms with E-state index in [9.17, 15) is 4.79 Å². The van der Waals surface area contributed by atoms with Crippen LogP contribution in [0.2, 0.25) is 0 Å². The highest BCUT2D eigenvalue weighted by atomic mass is 16.5. The summed E-state index contributed by atoms with van der Waals surface area (Å²) in [5.41, 5.74) is 0.621. The summed E-state index contributed by atoms with van der Waals surface area (Å²) in [5, 5.41) is 0. The number of para-hydroxylation sites is 1. The number of carbonyl (C=O) groups excluding carboxylic acids is 1. The minimum absolute atomic E-state index is 0.0249. The van der Waals surface area contributed by atoms with Crippen molar-refractivity contribution in [1.82, 2.24) is 14.5 Å². The van der Waals surface area contributed by atoms with Gasteiger partial charge >= 0.3 is 0 Å². The van der Waals surface area contributed by atoms with Gasteiger partial charge in [-0.05, 0) is 12.1 Å². The first kappa shape index (κ1) is 14.4. The largest absolute Gasteiger partial charge is 0.496 e. The van der Waals surface area contributed by atoms with Gasteiger partial charge in [-0.2, -0.15) is 0 Å². The summed E-state index contributed by atoms with van der Waals surface area (Å²) in [6.07, 6.45) is 3.73. The van der Waals surface area contributed by atoms with Crippen molar-refractivity contribution in [2.45, 2.75) is 0 Å². The average Bonchev–Trinajstić information content (AvgIpc) is 3.00. The SMILES string of the molecule is COc1ccccc1C(=O)N1CCN(c2nccn2C)CC1. The topological polar surface area (TPSA) is 50.6 Å². The van der Waals surface area contributed by atoms with Crippen LogP contribution in [0.4, 0.5) is 5.95 Å². The molecule has 1 aliphatic heterocycles. The summed E-state index contributed by atoms with van der Waals surface area (Å²) in [6.45, 7) is 2.94. The third-order valence-electron chi connectivity index (χ3n) is 3.98. The maximum absolute atomic E-state index is 12.6. The Morgan fingerprint density at radius 2 is 1.91 bits per heavy atom. The normalized spacial score (nSPS) is 15.0. The minimum Gasteiger partial charge on any atom is -0.496 e. The predicted octanol–water partition coefficient (Wildman–Crippen LogP) is 1.39. The summed E-state index contributed by atoms with van der Waals surface area (Å²) >= 11 is 0. The molecule has 1 aliphatic rings. The van der Waals surface area contributed by atoms with Crippen LogP contribution in [-0.2, 0) is 7.05 Å². The van der Waals surface area contributed by atoms with Crippen molar-refractivity contribution >= 4 is 11.9 Å². The number of methoxy groups -OCH3 is 1. The summed E-state index contributed by atoms with van der Waals surface area (Å²) < 4.78 is 7.28. The molecule has 1 fully saturated rings. The van der Waals surface area contributed by atoms with Gasteiger partial charge in [-0.15, -0.1) is 0 Å². The van der Waals surface area contributed by atoms with Gasteiger partial charge in [0.15, 0.2) is 0 Å². The number of hydrogen-bond donors (Lipinski definition) is 0. The number of imidazole rings is 1. The van der Waals surface area contributed by atoms with Crippen molar-refractivity contribution in [3.05, 3.63) is 42.2 Å². The molecule has 2 heterocycles. The fraction of sp³-hybridized carbons (Fsp3) is 0.375. The number of aromatic nitrogens is 2. The molecule has 0 radical (unpaired) electrons. The summed E-state index contributed by atoms with van der Waals surface area (Å²) in [6, 6.07) is 7.36. The van der Waals surface area contributed by atoms with E-state index >= 15 is 0 Å². The number of rotatable bonds is 3. The van der Waals surface area contributed by atoms with Crippen molar-refractivity contribution in [3.63, 3.8) is 0 Å². The van der Waals surface area contributed by atoms with E-state index in [1.807, 2.05) is 47.0 Å². The van der Waals surface area contributed by atoms with E-state index in [-0.39, 0.29) is 5.91 Å². The molecule has 1 aromatic heterocycles. The molecule has 6 heteroatoms. The molecule has 0 aliphatic carbocycles. The van der Waals surface area contributed by atoms with E-state index in [0.29, 0.717) is 24.4 Å². The number of amides is 1. The van der Waals surface area contributed by atoms with Crippen LogP contribution in [-0.4, -0.2) is 53.6 Å². The Hall–Kier alpha value is -2.50. The molecule has 0 bridgehead atoms. The predicted molar refractivity (Wildman–Crippen MR) is 84.3 cm³/mol. The van der Waals surface area contributed by atoms with Gasteiger partial charge in [0, 0.05) is 45.6 Å². The Morgan fingerprint density at radius 3 is 2.55 bits per heavy atom. The molecular weight excluding hydrogens is 280 g/mol. The van der Waals surface area contributed by atoms with Crippen LogP contribution in [0.3, 0.4) is 0 Å². The lowest BCUT2D eigenvalue weighted by atomic mass is 10.1. The van der Waals surface area contributed by atoms with Crippen molar-refractivity contribution < 1.29 is 9.53 Å². The first-order chi connectivity index (χ1) is 10.7. The second-order valence-electron chi connectivity index (χ2n) is 5.32. The van der Waals surface area contributed by atoms with Gasteiger partial charge in [-0.1, -0.05) is 12.1 Å². The lowest BCUT2D eigenvalue weighted by molar-refractivity contribution is 0.0742. The summed E-state index contributed by atoms with van der Waals surface area (Å²) in [5.74, 6) is 1.60. The Kier molecular flexibility index (Phi) is 4.00. The molecule has 1 amide bonds. The third-order valence-corrected chi connectivity index (χ3v) is 3.98. The molecular formula is C16H20N4O2. The zero-order chi connectivity index (χ0) is 15.5. The minimum atomic E-state index is 0.0249. The average molecular weight is 300 g/mol. The van der Waals surface area contributed by atoms with Gasteiger partial charge in [-0.3, -0.25) is 4.79 Å². The maximum Gasteiger partial charge on any atom is 0.257 e. The van der Waals surface area contributed by atoms with Crippen LogP contribution in [0.1, 0.15) is 10.4 Å². The zero-order valence-corrected chi connectivity index (χ0v) is 12.9. The summed E-state index contributed by atoms with van der Waals surface area (Å²) in [4.78, 5) is 21.1. The number of piperazine rings is 1. The summed E-state index contributed by atoms with van der Waals surface area (Å²) in [7, 11) is 3.57. The van der Waals surface area contributed by atoms with Crippen LogP contribution in [0, 0.1) is 0 Å². The van der Waals surface area contributed by atoms with Gasteiger partial charge in [0.25, 0.3) is 5.91 Å². The van der Waals surface area contributed by atoms with E-state index < -0.39 is 0 Å². The Balaban J connectivity index is 1.69. The Bertz CT molecular complexity index is 660. The third kappa shape index (κ3) is 2.64. The number of ether oxygens (including phenoxy) is 1. The van der Waals surface area contributed by atoms with E-state index in [1.165, 1.54) is 0 Å². The van der Waals surface area contributed by atoms with E-state index in [4.69, 9.17) is 4.74 Å². The molecule has 116 valence electrons. The van der Waals surface area contributed by atoms with Crippen molar-refractivity contribution in [1.29, 1.82) is 0 Å². The van der Waals surface area contributed by atoms with Crippen LogP contribution < -0.4 is 9.64 Å². The second kappa shape index (κ2) is 6.09. The quantitative estimate of drug-likeness (QED) is 0.859. The molecule has 3 rings (SSSR count). The van der Waals surface area contributed by atoms with Crippen LogP contribution in [0.15, 0.2) is 36.7 Å². The van der Waals surface area contributed by atoms with Crippen molar-refractivity contribution in [2.75, 3.05) is 38.2 Å². The standard InChI is InChI=1S/C16H20N4O2/c1-18-8-7-17-16(18)20-11-9-19(10-12-20)15(21)13-5-3-4-6-14(13)22-2/h3-8H,9-12H2,1-2H3. The first-order valence-corrected chi connectivity index (χ1v) is 7.35. The van der Waals surface area contributed by atoms with Crippen molar-refractivity contribution in [2.24, 2.45) is 7.05 Å². The molecule has 1 aromatic carbocycles. The van der Waals surface area contributed by atoms with E-state index in [1.54, 1.807) is 13.3 Å². The highest BCUT2D eigenvalue weighted by Crippen LogP contribution is 2.21. The van der Waals surface area contributed by atoms with Gasteiger partial charge in [-0.25, -0.2) is 4.98 Å². The van der Waals surface area contributed by atoms with Gasteiger partial charge < -0.3 is 19.1 Å². The van der Waals surface area contributed by atoms with E-state index in [2.05, 4.69) is 9.88 Å². The molecule has 0 unspecified atom stereocenters.